The normalized spacial score (nSPS) is 17.3. The average molecular weight is 410 g/mol. The van der Waals surface area contributed by atoms with Crippen molar-refractivity contribution in [1.29, 1.82) is 5.41 Å². The van der Waals surface area contributed by atoms with Gasteiger partial charge in [-0.2, -0.15) is 4.98 Å². The number of quaternary nitrogens is 1. The molecule has 0 spiro atoms. The van der Waals surface area contributed by atoms with Crippen LogP contribution in [0.4, 0.5) is 11.5 Å². The second-order valence-electron chi connectivity index (χ2n) is 8.17. The Morgan fingerprint density at radius 1 is 1.20 bits per heavy atom. The number of nitrogens with zero attached hydrogens (tertiary/aromatic N) is 1. The number of aromatic carboxylic acids is 1. The summed E-state index contributed by atoms with van der Waals surface area (Å²) in [4.78, 5) is 16.2. The topological polar surface area (TPSA) is 112 Å². The number of piperidine rings is 1. The Balaban J connectivity index is 1.70. The molecular weight excluding hydrogens is 380 g/mol. The number of nitrogens with one attached hydrogen (secondary N) is 2. The van der Waals surface area contributed by atoms with Crippen LogP contribution >= 0.6 is 0 Å². The van der Waals surface area contributed by atoms with E-state index in [-0.39, 0.29) is 11.6 Å². The summed E-state index contributed by atoms with van der Waals surface area (Å²) < 4.78 is 6.19. The van der Waals surface area contributed by atoms with E-state index in [9.17, 15) is 9.90 Å². The average Bonchev–Trinajstić information content (AvgIpc) is 2.72. The van der Waals surface area contributed by atoms with Gasteiger partial charge in [-0.25, -0.2) is 4.79 Å². The quantitative estimate of drug-likeness (QED) is 0.396. The van der Waals surface area contributed by atoms with Crippen molar-refractivity contribution in [1.82, 2.24) is 10.3 Å². The van der Waals surface area contributed by atoms with Gasteiger partial charge < -0.3 is 20.6 Å². The lowest BCUT2D eigenvalue weighted by molar-refractivity contribution is -0.483. The molecule has 5 N–H and O–H groups in total. The van der Waals surface area contributed by atoms with Gasteiger partial charge in [0.05, 0.1) is 12.3 Å². The summed E-state index contributed by atoms with van der Waals surface area (Å²) in [5.74, 6) is 0.496. The van der Waals surface area contributed by atoms with E-state index in [0.717, 1.165) is 50.9 Å². The van der Waals surface area contributed by atoms with Crippen molar-refractivity contribution in [2.24, 2.45) is 11.8 Å². The lowest BCUT2D eigenvalue weighted by Crippen LogP contribution is -2.72. The highest BCUT2D eigenvalue weighted by molar-refractivity contribution is 6.06. The second kappa shape index (κ2) is 9.36. The van der Waals surface area contributed by atoms with Gasteiger partial charge in [0, 0.05) is 12.0 Å². The fourth-order valence-corrected chi connectivity index (χ4v) is 4.00. The Morgan fingerprint density at radius 2 is 1.93 bits per heavy atom. The van der Waals surface area contributed by atoms with Crippen LogP contribution in [0.25, 0.3) is 0 Å². The summed E-state index contributed by atoms with van der Waals surface area (Å²) in [7, 11) is 0. The molecule has 1 saturated heterocycles. The van der Waals surface area contributed by atoms with Crippen LogP contribution in [0.15, 0.2) is 36.4 Å². The number of aromatic nitrogens is 1. The van der Waals surface area contributed by atoms with Crippen molar-refractivity contribution < 1.29 is 20.0 Å². The first-order chi connectivity index (χ1) is 14.6. The number of carboxylic acids is 1. The van der Waals surface area contributed by atoms with Gasteiger partial charge >= 0.3 is 5.97 Å². The highest BCUT2D eigenvalue weighted by Crippen LogP contribution is 2.35. The monoisotopic (exact) mass is 409 g/mol. The maximum Gasteiger partial charge on any atom is 0.354 e. The van der Waals surface area contributed by atoms with Crippen LogP contribution in [0.5, 0.6) is 5.75 Å². The van der Waals surface area contributed by atoms with Crippen LogP contribution in [0.3, 0.4) is 0 Å². The molecule has 2 aromatic rings. The third-order valence-electron chi connectivity index (χ3n) is 6.05. The lowest BCUT2D eigenvalue weighted by atomic mass is 9.79. The Labute approximate surface area is 176 Å². The van der Waals surface area contributed by atoms with Crippen LogP contribution in [-0.2, 0) is 0 Å². The van der Waals surface area contributed by atoms with Gasteiger partial charge in [-0.15, -0.1) is 0 Å². The zero-order chi connectivity index (χ0) is 20.9. The number of ether oxygens (including phenoxy) is 1. The molecule has 0 atom stereocenters. The van der Waals surface area contributed by atoms with Crippen LogP contribution in [-0.4, -0.2) is 41.5 Å². The van der Waals surface area contributed by atoms with E-state index >= 15 is 0 Å². The first-order valence-electron chi connectivity index (χ1n) is 10.7. The second-order valence-corrected chi connectivity index (χ2v) is 8.17. The molecule has 158 valence electrons. The number of nitrogens with two attached hydrogens (primary N) is 1. The molecule has 0 bridgehead atoms. The van der Waals surface area contributed by atoms with E-state index in [4.69, 9.17) is 10.1 Å². The number of hydrogen-bond acceptors (Lipinski definition) is 5. The van der Waals surface area contributed by atoms with Gasteiger partial charge in [0.15, 0.2) is 5.69 Å². The zero-order valence-electron chi connectivity index (χ0n) is 17.1. The standard InChI is InChI=1S/C23H28N4O3/c24-21(16-5-4-6-16)20-19(30-14-15-9-11-25-12-10-15)13-18(23(28)29)27-22(20)26-17-7-2-1-3-8-17/h1-3,7-8,13,15-16,24-25H,4-6,9-12,14H2,(H,26,27)(H,28,29)/p+1. The maximum absolute atomic E-state index is 11.8. The highest BCUT2D eigenvalue weighted by atomic mass is 16.5. The molecule has 2 aliphatic rings. The SMILES string of the molecule is N=C(c1c(OCC2CCNCC2)cc(C(=O)O)nc1[NH2+]c1ccccc1)C1CCC1. The van der Waals surface area contributed by atoms with Gasteiger partial charge in [-0.05, 0) is 56.8 Å². The number of pyridine rings is 1. The van der Waals surface area contributed by atoms with Crippen molar-refractivity contribution in [3.05, 3.63) is 47.7 Å². The summed E-state index contributed by atoms with van der Waals surface area (Å²) in [5.41, 5.74) is 2.01. The fraction of sp³-hybridized carbons (Fsp3) is 0.435. The number of carbonyl (C=O) groups is 1. The molecule has 1 saturated carbocycles. The highest BCUT2D eigenvalue weighted by Gasteiger charge is 2.31. The van der Waals surface area contributed by atoms with E-state index < -0.39 is 5.97 Å². The summed E-state index contributed by atoms with van der Waals surface area (Å²) in [5, 5.41) is 23.7. The minimum atomic E-state index is -1.09. The summed E-state index contributed by atoms with van der Waals surface area (Å²) in [6.07, 6.45) is 5.16. The van der Waals surface area contributed by atoms with Crippen molar-refractivity contribution in [2.45, 2.75) is 32.1 Å². The van der Waals surface area contributed by atoms with Crippen molar-refractivity contribution in [2.75, 3.05) is 19.7 Å². The van der Waals surface area contributed by atoms with E-state index in [1.54, 1.807) is 0 Å². The smallest absolute Gasteiger partial charge is 0.354 e. The predicted octanol–water partition coefficient (Wildman–Crippen LogP) is 2.85. The van der Waals surface area contributed by atoms with Gasteiger partial charge in [0.1, 0.15) is 17.0 Å². The van der Waals surface area contributed by atoms with E-state index in [1.807, 2.05) is 35.6 Å². The van der Waals surface area contributed by atoms with Gasteiger partial charge in [-0.1, -0.05) is 24.6 Å². The number of rotatable bonds is 8. The largest absolute Gasteiger partial charge is 0.492 e. The van der Waals surface area contributed by atoms with Crippen LogP contribution in [0.1, 0.15) is 48.2 Å². The molecule has 2 fully saturated rings. The molecule has 7 nitrogen and oxygen atoms in total. The molecule has 4 rings (SSSR count). The predicted molar refractivity (Wildman–Crippen MR) is 114 cm³/mol. The minimum absolute atomic E-state index is 0.0531. The summed E-state index contributed by atoms with van der Waals surface area (Å²) in [6.45, 7) is 2.48. The minimum Gasteiger partial charge on any atom is -0.492 e. The molecule has 1 aromatic carbocycles. The lowest BCUT2D eigenvalue weighted by Gasteiger charge is -2.28. The Kier molecular flexibility index (Phi) is 6.40. The van der Waals surface area contributed by atoms with Crippen LogP contribution < -0.4 is 15.4 Å². The first kappa shape index (κ1) is 20.5. The zero-order valence-corrected chi connectivity index (χ0v) is 17.1. The molecule has 1 aromatic heterocycles. The number of hydrogen-bond donors (Lipinski definition) is 4. The van der Waals surface area contributed by atoms with E-state index in [1.165, 1.54) is 6.07 Å². The molecule has 30 heavy (non-hydrogen) atoms. The number of benzene rings is 1. The molecule has 1 aliphatic carbocycles. The first-order valence-corrected chi connectivity index (χ1v) is 10.7. The Morgan fingerprint density at radius 3 is 2.57 bits per heavy atom. The molecule has 0 radical (unpaired) electrons. The molecule has 0 amide bonds. The van der Waals surface area contributed by atoms with E-state index in [2.05, 4.69) is 10.3 Å². The van der Waals surface area contributed by atoms with Gasteiger partial charge in [-0.3, -0.25) is 5.32 Å². The molecular formula is C23H29N4O3+. The van der Waals surface area contributed by atoms with Crippen molar-refractivity contribution >= 4 is 23.2 Å². The Bertz CT molecular complexity index is 906. The summed E-state index contributed by atoms with van der Waals surface area (Å²) in [6, 6.07) is 11.2. The van der Waals surface area contributed by atoms with Crippen molar-refractivity contribution in [3.63, 3.8) is 0 Å². The maximum atomic E-state index is 11.8. The molecule has 1 aliphatic heterocycles. The van der Waals surface area contributed by atoms with Crippen LogP contribution in [0, 0.1) is 17.2 Å². The molecule has 2 heterocycles. The van der Waals surface area contributed by atoms with Crippen molar-refractivity contribution in [3.8, 4) is 5.75 Å². The molecule has 0 unspecified atom stereocenters. The fourth-order valence-electron chi connectivity index (χ4n) is 4.00. The number of para-hydroxylation sites is 1. The molecule has 7 heteroatoms. The van der Waals surface area contributed by atoms with Crippen LogP contribution in [0.2, 0.25) is 0 Å². The number of carboxylic acid groups (broad SMARTS) is 1. The van der Waals surface area contributed by atoms with E-state index in [0.29, 0.717) is 35.4 Å². The van der Waals surface area contributed by atoms with Gasteiger partial charge in [0.25, 0.3) is 0 Å². The Hall–Kier alpha value is -2.77. The third-order valence-corrected chi connectivity index (χ3v) is 6.05. The third kappa shape index (κ3) is 4.68. The summed E-state index contributed by atoms with van der Waals surface area (Å²) >= 11 is 0. The van der Waals surface area contributed by atoms with Gasteiger partial charge in [0.2, 0.25) is 5.82 Å².